The minimum atomic E-state index is -0.439. The molecular weight excluding hydrogens is 216 g/mol. The minimum absolute atomic E-state index is 0.0124. The molecule has 1 heterocycles. The van der Waals surface area contributed by atoms with Gasteiger partial charge in [-0.3, -0.25) is 4.79 Å². The molecule has 0 aromatic carbocycles. The Morgan fingerprint density at radius 3 is 2.65 bits per heavy atom. The Kier molecular flexibility index (Phi) is 5.92. The molecule has 1 aliphatic heterocycles. The topological polar surface area (TPSA) is 61.4 Å². The van der Waals surface area contributed by atoms with Crippen molar-refractivity contribution in [3.8, 4) is 0 Å². The number of hydrogen-bond donors (Lipinski definition) is 3. The van der Waals surface area contributed by atoms with Crippen LogP contribution < -0.4 is 10.6 Å². The average Bonchev–Trinajstić information content (AvgIpc) is 2.65. The molecule has 1 amide bonds. The largest absolute Gasteiger partial charge is 0.394 e. The van der Waals surface area contributed by atoms with E-state index in [0.717, 1.165) is 38.6 Å². The Morgan fingerprint density at radius 1 is 1.35 bits per heavy atom. The van der Waals surface area contributed by atoms with E-state index in [0.29, 0.717) is 0 Å². The maximum absolute atomic E-state index is 12.2. The van der Waals surface area contributed by atoms with Gasteiger partial charge in [-0.15, -0.1) is 0 Å². The van der Waals surface area contributed by atoms with Crippen LogP contribution >= 0.6 is 0 Å². The fourth-order valence-corrected chi connectivity index (χ4v) is 2.29. The summed E-state index contributed by atoms with van der Waals surface area (Å²) in [6.07, 6.45) is 5.88. The van der Waals surface area contributed by atoms with Gasteiger partial charge in [0.1, 0.15) is 0 Å². The Hall–Kier alpha value is -0.610. The van der Waals surface area contributed by atoms with E-state index in [1.165, 1.54) is 6.42 Å². The number of carbonyl (C=O) groups is 1. The van der Waals surface area contributed by atoms with Crippen molar-refractivity contribution in [2.75, 3.05) is 13.2 Å². The Morgan fingerprint density at radius 2 is 2.06 bits per heavy atom. The van der Waals surface area contributed by atoms with Crippen LogP contribution in [-0.4, -0.2) is 35.7 Å². The molecular formula is C13H26N2O2. The zero-order valence-electron chi connectivity index (χ0n) is 11.1. The van der Waals surface area contributed by atoms with Gasteiger partial charge in [-0.2, -0.15) is 0 Å². The summed E-state index contributed by atoms with van der Waals surface area (Å²) in [5.41, 5.74) is -0.439. The lowest BCUT2D eigenvalue weighted by molar-refractivity contribution is -0.126. The van der Waals surface area contributed by atoms with Gasteiger partial charge in [0.25, 0.3) is 0 Å². The second-order valence-corrected chi connectivity index (χ2v) is 4.99. The van der Waals surface area contributed by atoms with E-state index >= 15 is 0 Å². The van der Waals surface area contributed by atoms with Crippen LogP contribution in [-0.2, 0) is 4.79 Å². The maximum atomic E-state index is 12.2. The van der Waals surface area contributed by atoms with Gasteiger partial charge in [-0.1, -0.05) is 26.7 Å². The van der Waals surface area contributed by atoms with E-state index < -0.39 is 5.54 Å². The lowest BCUT2D eigenvalue weighted by Crippen LogP contribution is -2.56. The summed E-state index contributed by atoms with van der Waals surface area (Å²) in [6.45, 7) is 4.93. The highest BCUT2D eigenvalue weighted by molar-refractivity contribution is 5.82. The van der Waals surface area contributed by atoms with Crippen molar-refractivity contribution in [2.24, 2.45) is 0 Å². The van der Waals surface area contributed by atoms with E-state index in [1.807, 2.05) is 13.8 Å². The monoisotopic (exact) mass is 242 g/mol. The van der Waals surface area contributed by atoms with Crippen molar-refractivity contribution in [3.05, 3.63) is 0 Å². The third-order valence-corrected chi connectivity index (χ3v) is 3.92. The van der Waals surface area contributed by atoms with Crippen molar-refractivity contribution >= 4 is 5.91 Å². The van der Waals surface area contributed by atoms with Crippen LogP contribution in [0, 0.1) is 0 Å². The predicted molar refractivity (Wildman–Crippen MR) is 68.8 cm³/mol. The standard InChI is InChI=1S/C13H26N2O2/c1-3-13(4-2,10-16)15-12(17)11-8-6-5-7-9-14-11/h11,14,16H,3-10H2,1-2H3,(H,15,17). The van der Waals surface area contributed by atoms with Gasteiger partial charge in [-0.25, -0.2) is 0 Å². The third-order valence-electron chi connectivity index (χ3n) is 3.92. The molecule has 1 rings (SSSR count). The molecule has 0 saturated carbocycles. The average molecular weight is 242 g/mol. The highest BCUT2D eigenvalue weighted by atomic mass is 16.3. The highest BCUT2D eigenvalue weighted by Gasteiger charge is 2.30. The van der Waals surface area contributed by atoms with Gasteiger partial charge in [0.05, 0.1) is 18.2 Å². The summed E-state index contributed by atoms with van der Waals surface area (Å²) in [4.78, 5) is 12.2. The maximum Gasteiger partial charge on any atom is 0.237 e. The second-order valence-electron chi connectivity index (χ2n) is 4.99. The SMILES string of the molecule is CCC(CC)(CO)NC(=O)C1CCCCCN1. The molecule has 0 radical (unpaired) electrons. The first-order chi connectivity index (χ1) is 8.17. The van der Waals surface area contributed by atoms with Crippen molar-refractivity contribution in [3.63, 3.8) is 0 Å². The van der Waals surface area contributed by atoms with Gasteiger partial charge < -0.3 is 15.7 Å². The predicted octanol–water partition coefficient (Wildman–Crippen LogP) is 1.19. The van der Waals surface area contributed by atoms with E-state index in [4.69, 9.17) is 0 Å². The molecule has 0 bridgehead atoms. The molecule has 1 fully saturated rings. The lowest BCUT2D eigenvalue weighted by atomic mass is 9.93. The van der Waals surface area contributed by atoms with Crippen LogP contribution in [0.5, 0.6) is 0 Å². The van der Waals surface area contributed by atoms with Crippen molar-refractivity contribution in [1.29, 1.82) is 0 Å². The Balaban J connectivity index is 2.56. The van der Waals surface area contributed by atoms with Crippen LogP contribution in [0.2, 0.25) is 0 Å². The fraction of sp³-hybridized carbons (Fsp3) is 0.923. The van der Waals surface area contributed by atoms with Crippen LogP contribution in [0.3, 0.4) is 0 Å². The molecule has 0 aromatic heterocycles. The summed E-state index contributed by atoms with van der Waals surface area (Å²) in [5, 5.41) is 15.8. The first kappa shape index (κ1) is 14.5. The normalized spacial score (nSPS) is 21.9. The number of aliphatic hydroxyl groups is 1. The molecule has 4 nitrogen and oxygen atoms in total. The molecule has 0 aromatic rings. The number of carbonyl (C=O) groups excluding carboxylic acids is 1. The molecule has 100 valence electrons. The van der Waals surface area contributed by atoms with E-state index in [9.17, 15) is 9.90 Å². The third kappa shape index (κ3) is 3.96. The Bertz CT molecular complexity index is 223. The van der Waals surface area contributed by atoms with Gasteiger partial charge in [0, 0.05) is 0 Å². The summed E-state index contributed by atoms with van der Waals surface area (Å²) >= 11 is 0. The smallest absolute Gasteiger partial charge is 0.237 e. The molecule has 1 saturated heterocycles. The fourth-order valence-electron chi connectivity index (χ4n) is 2.29. The summed E-state index contributed by atoms with van der Waals surface area (Å²) in [5.74, 6) is 0.0460. The van der Waals surface area contributed by atoms with Crippen LogP contribution in [0.4, 0.5) is 0 Å². The Labute approximate surface area is 104 Å². The van der Waals surface area contributed by atoms with Gasteiger partial charge >= 0.3 is 0 Å². The number of nitrogens with one attached hydrogen (secondary N) is 2. The molecule has 0 spiro atoms. The molecule has 3 N–H and O–H groups in total. The van der Waals surface area contributed by atoms with Crippen LogP contribution in [0.1, 0.15) is 52.4 Å². The zero-order chi connectivity index (χ0) is 12.7. The van der Waals surface area contributed by atoms with Gasteiger partial charge in [0.2, 0.25) is 5.91 Å². The van der Waals surface area contributed by atoms with Crippen molar-refractivity contribution in [1.82, 2.24) is 10.6 Å². The zero-order valence-corrected chi connectivity index (χ0v) is 11.1. The quantitative estimate of drug-likeness (QED) is 0.678. The number of amides is 1. The van der Waals surface area contributed by atoms with E-state index in [2.05, 4.69) is 10.6 Å². The molecule has 0 aliphatic carbocycles. The van der Waals surface area contributed by atoms with Crippen molar-refractivity contribution < 1.29 is 9.90 Å². The van der Waals surface area contributed by atoms with Crippen molar-refractivity contribution in [2.45, 2.75) is 64.0 Å². The molecule has 4 heteroatoms. The molecule has 17 heavy (non-hydrogen) atoms. The summed E-state index contributed by atoms with van der Waals surface area (Å²) in [6, 6.07) is -0.0819. The van der Waals surface area contributed by atoms with E-state index in [1.54, 1.807) is 0 Å². The number of aliphatic hydroxyl groups excluding tert-OH is 1. The van der Waals surface area contributed by atoms with E-state index in [-0.39, 0.29) is 18.6 Å². The minimum Gasteiger partial charge on any atom is -0.394 e. The molecule has 1 unspecified atom stereocenters. The van der Waals surface area contributed by atoms with Gasteiger partial charge in [-0.05, 0) is 32.2 Å². The second kappa shape index (κ2) is 6.97. The first-order valence-electron chi connectivity index (χ1n) is 6.83. The molecule has 1 aliphatic rings. The highest BCUT2D eigenvalue weighted by Crippen LogP contribution is 2.16. The molecule has 1 atom stereocenters. The first-order valence-corrected chi connectivity index (χ1v) is 6.83. The lowest BCUT2D eigenvalue weighted by Gasteiger charge is -2.32. The van der Waals surface area contributed by atoms with Crippen LogP contribution in [0.15, 0.2) is 0 Å². The summed E-state index contributed by atoms with van der Waals surface area (Å²) in [7, 11) is 0. The van der Waals surface area contributed by atoms with Crippen LogP contribution in [0.25, 0.3) is 0 Å². The van der Waals surface area contributed by atoms with Gasteiger partial charge in [0.15, 0.2) is 0 Å². The number of hydrogen-bond acceptors (Lipinski definition) is 3. The summed E-state index contributed by atoms with van der Waals surface area (Å²) < 4.78 is 0. The number of rotatable bonds is 5.